The number of anilines is 2. The number of aryl methyl sites for hydroxylation is 2. The van der Waals surface area contributed by atoms with E-state index in [9.17, 15) is 0 Å². The molecule has 2 aromatic heterocycles. The second kappa shape index (κ2) is 12.7. The first-order chi connectivity index (χ1) is 19.4. The number of piperazine rings is 1. The van der Waals surface area contributed by atoms with Gasteiger partial charge in [-0.3, -0.25) is 10.3 Å². The predicted molar refractivity (Wildman–Crippen MR) is 162 cm³/mol. The smallest absolute Gasteiger partial charge is 0.241 e. The van der Waals surface area contributed by atoms with Crippen molar-refractivity contribution in [3.8, 4) is 0 Å². The number of nitrogens with two attached hydrogens (primary N) is 1. The summed E-state index contributed by atoms with van der Waals surface area (Å²) in [5.74, 6) is 7.75. The number of nitrogen functional groups attached to an aromatic ring is 1. The van der Waals surface area contributed by atoms with E-state index < -0.39 is 0 Å². The molecule has 4 heterocycles. The van der Waals surface area contributed by atoms with Gasteiger partial charge in [0.1, 0.15) is 5.82 Å². The van der Waals surface area contributed by atoms with E-state index in [0.29, 0.717) is 5.95 Å². The van der Waals surface area contributed by atoms with Crippen LogP contribution in [0.1, 0.15) is 42.8 Å². The van der Waals surface area contributed by atoms with Crippen molar-refractivity contribution in [2.45, 2.75) is 38.8 Å². The number of halogens is 2. The summed E-state index contributed by atoms with van der Waals surface area (Å²) in [4.78, 5) is 18.8. The van der Waals surface area contributed by atoms with E-state index in [4.69, 9.17) is 43.7 Å². The first kappa shape index (κ1) is 28.6. The van der Waals surface area contributed by atoms with E-state index in [2.05, 4.69) is 51.4 Å². The standard InChI is InChI=1S/C25H28Cl2N8.C4H8O/c1-15-14-34(22(17-4-8-19(26)9-5-17)18-6-10-20(27)11-7-18)12-13-35(15)24-21-23(30-25(31-24)32-28)33(3)16(2)29-21;1-2-4-5-3-1/h4-11,15,22H,12-14,28H2,1-3H3,(H,30,31,32);1-4H2. The highest BCUT2D eigenvalue weighted by Crippen LogP contribution is 2.34. The number of rotatable bonds is 5. The molecule has 40 heavy (non-hydrogen) atoms. The largest absolute Gasteiger partial charge is 0.381 e. The predicted octanol–water partition coefficient (Wildman–Crippen LogP) is 5.36. The van der Waals surface area contributed by atoms with E-state index >= 15 is 0 Å². The van der Waals surface area contributed by atoms with Crippen LogP contribution >= 0.6 is 23.2 Å². The Morgan fingerprint density at radius 1 is 0.925 bits per heavy atom. The SMILES string of the molecule is C1CCOC1.Cc1nc2c(N3CCN(C(c4ccc(Cl)cc4)c4ccc(Cl)cc4)CC3C)nc(NN)nc2n1C. The highest BCUT2D eigenvalue weighted by atomic mass is 35.5. The third-order valence-electron chi connectivity index (χ3n) is 7.55. The summed E-state index contributed by atoms with van der Waals surface area (Å²) in [5.41, 5.74) is 6.54. The molecule has 0 aliphatic carbocycles. The molecule has 1 atom stereocenters. The van der Waals surface area contributed by atoms with Gasteiger partial charge in [-0.1, -0.05) is 47.5 Å². The maximum Gasteiger partial charge on any atom is 0.241 e. The molecule has 2 aliphatic heterocycles. The minimum Gasteiger partial charge on any atom is -0.381 e. The zero-order valence-electron chi connectivity index (χ0n) is 23.1. The molecule has 0 spiro atoms. The first-order valence-electron chi connectivity index (χ1n) is 13.6. The number of fused-ring (bicyclic) bond motifs is 1. The van der Waals surface area contributed by atoms with Crippen molar-refractivity contribution in [2.75, 3.05) is 43.2 Å². The lowest BCUT2D eigenvalue weighted by Crippen LogP contribution is -2.53. The number of ether oxygens (including phenoxy) is 1. The maximum absolute atomic E-state index is 6.19. The van der Waals surface area contributed by atoms with Crippen molar-refractivity contribution in [3.63, 3.8) is 0 Å². The molecule has 212 valence electrons. The van der Waals surface area contributed by atoms with Gasteiger partial charge in [0.2, 0.25) is 5.95 Å². The van der Waals surface area contributed by atoms with Gasteiger partial charge in [-0.05, 0) is 62.1 Å². The first-order valence-corrected chi connectivity index (χ1v) is 14.4. The number of aromatic nitrogens is 4. The van der Waals surface area contributed by atoms with Crippen LogP contribution in [0, 0.1) is 6.92 Å². The second-order valence-electron chi connectivity index (χ2n) is 10.3. The molecule has 9 nitrogen and oxygen atoms in total. The van der Waals surface area contributed by atoms with Gasteiger partial charge in [0, 0.05) is 56.0 Å². The average molecular weight is 584 g/mol. The Morgan fingerprint density at radius 2 is 1.52 bits per heavy atom. The number of hydrazine groups is 1. The number of nitrogens with zero attached hydrogens (tertiary/aromatic N) is 6. The normalized spacial score (nSPS) is 17.8. The third-order valence-corrected chi connectivity index (χ3v) is 8.05. The lowest BCUT2D eigenvalue weighted by molar-refractivity contribution is 0.187. The van der Waals surface area contributed by atoms with Crippen molar-refractivity contribution >= 4 is 46.1 Å². The lowest BCUT2D eigenvalue weighted by atomic mass is 9.95. The molecule has 2 fully saturated rings. The Bertz CT molecular complexity index is 1370. The van der Waals surface area contributed by atoms with E-state index in [1.54, 1.807) is 0 Å². The Labute approximate surface area is 245 Å². The Hall–Kier alpha value is -2.95. The van der Waals surface area contributed by atoms with E-state index in [1.807, 2.05) is 42.8 Å². The third kappa shape index (κ3) is 6.19. The lowest BCUT2D eigenvalue weighted by Gasteiger charge is -2.44. The number of hydrogen-bond donors (Lipinski definition) is 2. The molecule has 0 bridgehead atoms. The number of imidazole rings is 1. The quantitative estimate of drug-likeness (QED) is 0.240. The van der Waals surface area contributed by atoms with Gasteiger partial charge in [-0.2, -0.15) is 9.97 Å². The minimum atomic E-state index is 0.0814. The molecule has 2 aromatic carbocycles. The van der Waals surface area contributed by atoms with Crippen LogP contribution in [0.5, 0.6) is 0 Å². The number of benzene rings is 2. The molecular weight excluding hydrogens is 547 g/mol. The van der Waals surface area contributed by atoms with E-state index in [-0.39, 0.29) is 12.1 Å². The van der Waals surface area contributed by atoms with Gasteiger partial charge >= 0.3 is 0 Å². The summed E-state index contributed by atoms with van der Waals surface area (Å²) >= 11 is 12.4. The molecule has 4 aromatic rings. The summed E-state index contributed by atoms with van der Waals surface area (Å²) < 4.78 is 6.90. The van der Waals surface area contributed by atoms with E-state index in [1.165, 1.54) is 24.0 Å². The van der Waals surface area contributed by atoms with Gasteiger partial charge in [0.25, 0.3) is 0 Å². The minimum absolute atomic E-state index is 0.0814. The molecule has 11 heteroatoms. The van der Waals surface area contributed by atoms with Crippen LogP contribution in [0.3, 0.4) is 0 Å². The van der Waals surface area contributed by atoms with Crippen molar-refractivity contribution < 1.29 is 4.74 Å². The Morgan fingerprint density at radius 3 is 2.02 bits per heavy atom. The summed E-state index contributed by atoms with van der Waals surface area (Å²) in [6.45, 7) is 8.63. The van der Waals surface area contributed by atoms with Crippen LogP contribution in [0.2, 0.25) is 10.0 Å². The topological polar surface area (TPSA) is 97.4 Å². The summed E-state index contributed by atoms with van der Waals surface area (Å²) in [6, 6.07) is 16.4. The van der Waals surface area contributed by atoms with Crippen LogP contribution in [-0.4, -0.2) is 63.3 Å². The van der Waals surface area contributed by atoms with E-state index in [0.717, 1.165) is 65.7 Å². The van der Waals surface area contributed by atoms with Gasteiger partial charge < -0.3 is 14.2 Å². The van der Waals surface area contributed by atoms with Gasteiger partial charge in [-0.25, -0.2) is 10.8 Å². The summed E-state index contributed by atoms with van der Waals surface area (Å²) in [7, 11) is 1.95. The molecule has 1 unspecified atom stereocenters. The molecule has 2 aliphatic rings. The molecular formula is C29H36Cl2N8O. The van der Waals surface area contributed by atoms with Crippen molar-refractivity contribution in [2.24, 2.45) is 12.9 Å². The highest BCUT2D eigenvalue weighted by molar-refractivity contribution is 6.30. The van der Waals surface area contributed by atoms with Crippen LogP contribution in [0.25, 0.3) is 11.2 Å². The molecule has 2 saturated heterocycles. The monoisotopic (exact) mass is 582 g/mol. The molecule has 0 saturated carbocycles. The zero-order valence-corrected chi connectivity index (χ0v) is 24.7. The fourth-order valence-corrected chi connectivity index (χ4v) is 5.62. The fraction of sp³-hybridized carbons (Fsp3) is 0.414. The van der Waals surface area contributed by atoms with Crippen LogP contribution in [0.4, 0.5) is 11.8 Å². The highest BCUT2D eigenvalue weighted by Gasteiger charge is 2.32. The Kier molecular flexibility index (Phi) is 9.07. The second-order valence-corrected chi connectivity index (χ2v) is 11.1. The van der Waals surface area contributed by atoms with Crippen molar-refractivity contribution in [1.29, 1.82) is 0 Å². The maximum atomic E-state index is 6.19. The van der Waals surface area contributed by atoms with Crippen LogP contribution in [0.15, 0.2) is 48.5 Å². The van der Waals surface area contributed by atoms with Gasteiger partial charge in [0.05, 0.1) is 6.04 Å². The molecule has 3 N–H and O–H groups in total. The van der Waals surface area contributed by atoms with Crippen molar-refractivity contribution in [1.82, 2.24) is 24.4 Å². The molecule has 0 radical (unpaired) electrons. The number of hydrogen-bond acceptors (Lipinski definition) is 8. The molecule has 6 rings (SSSR count). The van der Waals surface area contributed by atoms with Gasteiger partial charge in [0.15, 0.2) is 17.0 Å². The number of nitrogens with one attached hydrogen (secondary N) is 1. The summed E-state index contributed by atoms with van der Waals surface area (Å²) in [6.07, 6.45) is 2.56. The zero-order chi connectivity index (χ0) is 28.2. The van der Waals surface area contributed by atoms with Crippen LogP contribution < -0.4 is 16.2 Å². The van der Waals surface area contributed by atoms with Crippen LogP contribution in [-0.2, 0) is 11.8 Å². The Balaban J connectivity index is 0.000000582. The summed E-state index contributed by atoms with van der Waals surface area (Å²) in [5, 5.41) is 1.45. The van der Waals surface area contributed by atoms with Crippen molar-refractivity contribution in [3.05, 3.63) is 75.5 Å². The average Bonchev–Trinajstić information content (AvgIpc) is 3.63. The fourth-order valence-electron chi connectivity index (χ4n) is 5.37. The molecule has 0 amide bonds. The van der Waals surface area contributed by atoms with Gasteiger partial charge in [-0.15, -0.1) is 0 Å².